The molecule has 1 N–H and O–H groups in total. The van der Waals surface area contributed by atoms with E-state index in [4.69, 9.17) is 4.42 Å². The van der Waals surface area contributed by atoms with E-state index in [1.165, 1.54) is 27.2 Å². The Balaban J connectivity index is 2.00. The number of hydrogen-bond acceptors (Lipinski definition) is 6. The lowest BCUT2D eigenvalue weighted by atomic mass is 9.99. The van der Waals surface area contributed by atoms with E-state index in [1.807, 2.05) is 37.4 Å². The molecular weight excluding hydrogens is 396 g/mol. The lowest BCUT2D eigenvalue weighted by Gasteiger charge is -2.23. The van der Waals surface area contributed by atoms with Crippen molar-refractivity contribution in [3.63, 3.8) is 0 Å². The number of fused-ring (bicyclic) bond motifs is 1. The van der Waals surface area contributed by atoms with E-state index in [-0.39, 0.29) is 11.1 Å². The van der Waals surface area contributed by atoms with Crippen LogP contribution in [0.25, 0.3) is 6.08 Å². The van der Waals surface area contributed by atoms with Crippen LogP contribution in [0.5, 0.6) is 0 Å². The maximum Gasteiger partial charge on any atom is 0.335 e. The van der Waals surface area contributed by atoms with Crippen LogP contribution >= 0.6 is 22.7 Å². The molecule has 1 atom stereocenters. The molecule has 0 bridgehead atoms. The molecule has 1 aliphatic heterocycles. The van der Waals surface area contributed by atoms with Crippen LogP contribution in [0.1, 0.15) is 42.2 Å². The smallest absolute Gasteiger partial charge is 0.335 e. The molecule has 6 nitrogen and oxygen atoms in total. The summed E-state index contributed by atoms with van der Waals surface area (Å²) in [6.45, 7) is 3.82. The Morgan fingerprint density at radius 1 is 1.39 bits per heavy atom. The van der Waals surface area contributed by atoms with Crippen molar-refractivity contribution in [2.45, 2.75) is 32.7 Å². The number of aromatic nitrogens is 1. The van der Waals surface area contributed by atoms with Crippen LogP contribution in [0.2, 0.25) is 0 Å². The number of thiophene rings is 1. The Kier molecular flexibility index (Phi) is 4.91. The first-order chi connectivity index (χ1) is 13.5. The molecule has 3 aromatic rings. The van der Waals surface area contributed by atoms with Crippen molar-refractivity contribution in [3.05, 3.63) is 77.0 Å². The van der Waals surface area contributed by atoms with Gasteiger partial charge in [-0.15, -0.1) is 11.3 Å². The highest BCUT2D eigenvalue weighted by Gasteiger charge is 2.33. The van der Waals surface area contributed by atoms with Crippen LogP contribution in [0, 0.1) is 6.92 Å². The number of rotatable bonds is 5. The molecule has 28 heavy (non-hydrogen) atoms. The molecule has 0 radical (unpaired) electrons. The largest absolute Gasteiger partial charge is 0.478 e. The average Bonchev–Trinajstić information content (AvgIpc) is 3.37. The van der Waals surface area contributed by atoms with Crippen LogP contribution in [0.15, 0.2) is 55.1 Å². The molecule has 3 aromatic heterocycles. The van der Waals surface area contributed by atoms with Gasteiger partial charge in [0, 0.05) is 11.0 Å². The number of carboxylic acids is 1. The number of hydrogen-bond donors (Lipinski definition) is 1. The molecule has 0 fully saturated rings. The van der Waals surface area contributed by atoms with Crippen molar-refractivity contribution in [2.24, 2.45) is 4.99 Å². The van der Waals surface area contributed by atoms with Gasteiger partial charge in [0.15, 0.2) is 4.80 Å². The Morgan fingerprint density at radius 2 is 2.21 bits per heavy atom. The van der Waals surface area contributed by atoms with Gasteiger partial charge in [-0.3, -0.25) is 9.36 Å². The number of furan rings is 1. The van der Waals surface area contributed by atoms with Crippen molar-refractivity contribution in [1.82, 2.24) is 4.57 Å². The highest BCUT2D eigenvalue weighted by molar-refractivity contribution is 7.10. The van der Waals surface area contributed by atoms with Gasteiger partial charge in [-0.2, -0.15) is 0 Å². The standard InChI is InChI=1S/C20H18N2O4S2/c1-3-5-13-16(19(24)25)17(14-6-4-9-27-14)22-18(23)15(28-20(22)21-13)10-12-8-7-11(2)26-12/h4,6-10,17H,3,5H2,1-2H3,(H,24,25)/b15-10-. The molecule has 1 aliphatic rings. The summed E-state index contributed by atoms with van der Waals surface area (Å²) in [6, 6.07) is 6.69. The summed E-state index contributed by atoms with van der Waals surface area (Å²) in [5.74, 6) is 0.303. The van der Waals surface area contributed by atoms with E-state index in [0.717, 1.165) is 17.1 Å². The zero-order valence-corrected chi connectivity index (χ0v) is 17.0. The van der Waals surface area contributed by atoms with Crippen LogP contribution < -0.4 is 14.9 Å². The molecule has 0 saturated carbocycles. The van der Waals surface area contributed by atoms with Gasteiger partial charge in [-0.05, 0) is 36.9 Å². The van der Waals surface area contributed by atoms with Gasteiger partial charge in [-0.1, -0.05) is 30.7 Å². The van der Waals surface area contributed by atoms with Gasteiger partial charge in [0.2, 0.25) is 0 Å². The maximum atomic E-state index is 13.2. The topological polar surface area (TPSA) is 84.8 Å². The summed E-state index contributed by atoms with van der Waals surface area (Å²) in [5.41, 5.74) is 0.456. The molecule has 0 amide bonds. The Morgan fingerprint density at radius 3 is 2.82 bits per heavy atom. The number of carbonyl (C=O) groups is 1. The molecule has 4 heterocycles. The monoisotopic (exact) mass is 414 g/mol. The summed E-state index contributed by atoms with van der Waals surface area (Å²) in [6.07, 6.45) is 3.01. The number of allylic oxidation sites excluding steroid dienone is 1. The minimum absolute atomic E-state index is 0.178. The predicted molar refractivity (Wildman–Crippen MR) is 108 cm³/mol. The highest BCUT2D eigenvalue weighted by Crippen LogP contribution is 2.33. The van der Waals surface area contributed by atoms with Crippen molar-refractivity contribution in [2.75, 3.05) is 0 Å². The van der Waals surface area contributed by atoms with Gasteiger partial charge in [0.25, 0.3) is 5.56 Å². The van der Waals surface area contributed by atoms with E-state index in [1.54, 1.807) is 12.1 Å². The van der Waals surface area contributed by atoms with Crippen molar-refractivity contribution in [1.29, 1.82) is 0 Å². The summed E-state index contributed by atoms with van der Waals surface area (Å²) < 4.78 is 7.53. The lowest BCUT2D eigenvalue weighted by Crippen LogP contribution is -2.39. The Labute approximate surface area is 168 Å². The summed E-state index contributed by atoms with van der Waals surface area (Å²) in [5, 5.41) is 11.8. The summed E-state index contributed by atoms with van der Waals surface area (Å²) >= 11 is 2.69. The van der Waals surface area contributed by atoms with Gasteiger partial charge >= 0.3 is 5.97 Å². The first-order valence-corrected chi connectivity index (χ1v) is 10.6. The van der Waals surface area contributed by atoms with Crippen LogP contribution in [0.4, 0.5) is 0 Å². The second kappa shape index (κ2) is 7.37. The second-order valence-electron chi connectivity index (χ2n) is 6.46. The first kappa shape index (κ1) is 18.6. The average molecular weight is 415 g/mol. The van der Waals surface area contributed by atoms with E-state index in [0.29, 0.717) is 27.2 Å². The van der Waals surface area contributed by atoms with Crippen molar-refractivity contribution >= 4 is 34.7 Å². The van der Waals surface area contributed by atoms with E-state index >= 15 is 0 Å². The van der Waals surface area contributed by atoms with Crippen molar-refractivity contribution < 1.29 is 14.3 Å². The molecular formula is C20H18N2O4S2. The first-order valence-electron chi connectivity index (χ1n) is 8.87. The lowest BCUT2D eigenvalue weighted by molar-refractivity contribution is -0.133. The normalized spacial score (nSPS) is 16.9. The fourth-order valence-electron chi connectivity index (χ4n) is 3.30. The number of aryl methyl sites for hydroxylation is 1. The van der Waals surface area contributed by atoms with Gasteiger partial charge < -0.3 is 9.52 Å². The van der Waals surface area contributed by atoms with Crippen LogP contribution in [0.3, 0.4) is 0 Å². The second-order valence-corrected chi connectivity index (χ2v) is 8.45. The van der Waals surface area contributed by atoms with Crippen molar-refractivity contribution in [3.8, 4) is 0 Å². The zero-order valence-electron chi connectivity index (χ0n) is 15.3. The molecule has 144 valence electrons. The fraction of sp³-hybridized carbons (Fsp3) is 0.250. The fourth-order valence-corrected chi connectivity index (χ4v) is 5.12. The zero-order chi connectivity index (χ0) is 19.8. The van der Waals surface area contributed by atoms with Gasteiger partial charge in [-0.25, -0.2) is 9.79 Å². The SMILES string of the molecule is CCCC1=C(C(=O)O)C(c2cccs2)n2c(s/c(=C\c3ccc(C)o3)c2=O)=N1. The minimum atomic E-state index is -1.04. The number of thiazole rings is 1. The quantitative estimate of drug-likeness (QED) is 0.695. The third-order valence-corrected chi connectivity index (χ3v) is 6.38. The molecule has 0 aliphatic carbocycles. The maximum absolute atomic E-state index is 13.2. The molecule has 8 heteroatoms. The van der Waals surface area contributed by atoms with E-state index < -0.39 is 12.0 Å². The molecule has 0 spiro atoms. The summed E-state index contributed by atoms with van der Waals surface area (Å²) in [7, 11) is 0. The van der Waals surface area contributed by atoms with E-state index in [2.05, 4.69) is 4.99 Å². The number of carboxylic acid groups (broad SMARTS) is 1. The Bertz CT molecular complexity index is 1240. The van der Waals surface area contributed by atoms with Crippen LogP contribution in [-0.4, -0.2) is 15.6 Å². The van der Waals surface area contributed by atoms with E-state index in [9.17, 15) is 14.7 Å². The van der Waals surface area contributed by atoms with Gasteiger partial charge in [0.1, 0.15) is 17.6 Å². The van der Waals surface area contributed by atoms with Gasteiger partial charge in [0.05, 0.1) is 15.8 Å². The predicted octanol–water partition coefficient (Wildman–Crippen LogP) is 3.06. The Hall–Kier alpha value is -2.71. The number of nitrogens with zero attached hydrogens (tertiary/aromatic N) is 2. The minimum Gasteiger partial charge on any atom is -0.478 e. The number of aliphatic carboxylic acids is 1. The molecule has 0 saturated heterocycles. The molecule has 0 aromatic carbocycles. The summed E-state index contributed by atoms with van der Waals surface area (Å²) in [4.78, 5) is 31.2. The molecule has 4 rings (SSSR count). The third-order valence-electron chi connectivity index (χ3n) is 4.47. The third kappa shape index (κ3) is 3.18. The molecule has 1 unspecified atom stereocenters. The highest BCUT2D eigenvalue weighted by atomic mass is 32.1. The van der Waals surface area contributed by atoms with Crippen LogP contribution in [-0.2, 0) is 4.79 Å².